The molecule has 0 fully saturated rings. The molecule has 0 aromatic carbocycles. The molecule has 2 heterocycles. The van der Waals surface area contributed by atoms with E-state index in [2.05, 4.69) is 10.2 Å². The monoisotopic (exact) mass is 206 g/mol. The van der Waals surface area contributed by atoms with Crippen LogP contribution in [-0.4, -0.2) is 28.3 Å². The van der Waals surface area contributed by atoms with Crippen LogP contribution in [0.3, 0.4) is 0 Å². The number of hydrogen-bond donors (Lipinski definition) is 1. The standard InChI is InChI=1S/C10H14N4O/c1-15-8-4-5-10-13-12-9(3-2-6-11)14(10)7-8/h4-5,7H,2-3,6,11H2,1H3. The number of hydrogen-bond acceptors (Lipinski definition) is 4. The average Bonchev–Trinajstić information content (AvgIpc) is 2.68. The molecule has 80 valence electrons. The summed E-state index contributed by atoms with van der Waals surface area (Å²) in [6.45, 7) is 0.666. The van der Waals surface area contributed by atoms with Crippen molar-refractivity contribution in [1.29, 1.82) is 0 Å². The van der Waals surface area contributed by atoms with Crippen molar-refractivity contribution >= 4 is 5.65 Å². The Morgan fingerprint density at radius 2 is 2.27 bits per heavy atom. The number of nitrogens with zero attached hydrogens (tertiary/aromatic N) is 3. The minimum absolute atomic E-state index is 0.666. The van der Waals surface area contributed by atoms with Gasteiger partial charge in [-0.15, -0.1) is 10.2 Å². The van der Waals surface area contributed by atoms with Crippen molar-refractivity contribution in [1.82, 2.24) is 14.6 Å². The van der Waals surface area contributed by atoms with E-state index in [0.717, 1.165) is 30.1 Å². The SMILES string of the molecule is COc1ccc2nnc(CCCN)n2c1. The van der Waals surface area contributed by atoms with Gasteiger partial charge >= 0.3 is 0 Å². The van der Waals surface area contributed by atoms with Gasteiger partial charge in [0, 0.05) is 6.42 Å². The predicted molar refractivity (Wildman–Crippen MR) is 56.9 cm³/mol. The second-order valence-corrected chi connectivity index (χ2v) is 3.31. The molecule has 0 aliphatic carbocycles. The van der Waals surface area contributed by atoms with Crippen LogP contribution in [-0.2, 0) is 6.42 Å². The fourth-order valence-corrected chi connectivity index (χ4v) is 1.47. The first-order valence-corrected chi connectivity index (χ1v) is 4.93. The molecular formula is C10H14N4O. The number of aromatic nitrogens is 3. The first kappa shape index (κ1) is 9.92. The lowest BCUT2D eigenvalue weighted by Crippen LogP contribution is -2.03. The second-order valence-electron chi connectivity index (χ2n) is 3.31. The van der Waals surface area contributed by atoms with Crippen molar-refractivity contribution < 1.29 is 4.74 Å². The summed E-state index contributed by atoms with van der Waals surface area (Å²) < 4.78 is 7.09. The smallest absolute Gasteiger partial charge is 0.161 e. The third kappa shape index (κ3) is 1.92. The molecule has 2 aromatic rings. The van der Waals surface area contributed by atoms with Crippen LogP contribution < -0.4 is 10.5 Å². The minimum atomic E-state index is 0.666. The highest BCUT2D eigenvalue weighted by Crippen LogP contribution is 2.13. The fraction of sp³-hybridized carbons (Fsp3) is 0.400. The van der Waals surface area contributed by atoms with E-state index in [1.807, 2.05) is 22.7 Å². The Morgan fingerprint density at radius 1 is 1.40 bits per heavy atom. The van der Waals surface area contributed by atoms with Gasteiger partial charge in [-0.2, -0.15) is 0 Å². The van der Waals surface area contributed by atoms with E-state index in [4.69, 9.17) is 10.5 Å². The summed E-state index contributed by atoms with van der Waals surface area (Å²) in [6, 6.07) is 3.76. The van der Waals surface area contributed by atoms with Crippen molar-refractivity contribution in [3.8, 4) is 5.75 Å². The van der Waals surface area contributed by atoms with Gasteiger partial charge in [0.1, 0.15) is 11.6 Å². The number of ether oxygens (including phenoxy) is 1. The predicted octanol–water partition coefficient (Wildman–Crippen LogP) is 0.629. The average molecular weight is 206 g/mol. The second kappa shape index (κ2) is 4.27. The molecule has 0 spiro atoms. The molecule has 15 heavy (non-hydrogen) atoms. The van der Waals surface area contributed by atoms with Crippen molar-refractivity contribution in [2.45, 2.75) is 12.8 Å². The molecule has 2 N–H and O–H groups in total. The van der Waals surface area contributed by atoms with Gasteiger partial charge in [0.25, 0.3) is 0 Å². The zero-order valence-corrected chi connectivity index (χ0v) is 8.68. The van der Waals surface area contributed by atoms with Crippen LogP contribution in [0.2, 0.25) is 0 Å². The third-order valence-corrected chi connectivity index (χ3v) is 2.29. The summed E-state index contributed by atoms with van der Waals surface area (Å²) in [6.07, 6.45) is 3.64. The van der Waals surface area contributed by atoms with E-state index in [-0.39, 0.29) is 0 Å². The number of rotatable bonds is 4. The number of nitrogens with two attached hydrogens (primary N) is 1. The molecule has 5 nitrogen and oxygen atoms in total. The first-order chi connectivity index (χ1) is 7.35. The normalized spacial score (nSPS) is 10.8. The minimum Gasteiger partial charge on any atom is -0.495 e. The Bertz CT molecular complexity index is 452. The Hall–Kier alpha value is -1.62. The quantitative estimate of drug-likeness (QED) is 0.796. The molecule has 0 aliphatic rings. The molecule has 0 amide bonds. The third-order valence-electron chi connectivity index (χ3n) is 2.29. The molecule has 0 radical (unpaired) electrons. The van der Waals surface area contributed by atoms with Gasteiger partial charge in [-0.1, -0.05) is 0 Å². The van der Waals surface area contributed by atoms with Crippen molar-refractivity contribution in [2.75, 3.05) is 13.7 Å². The molecule has 0 saturated carbocycles. The van der Waals surface area contributed by atoms with Crippen LogP contribution in [0.4, 0.5) is 0 Å². The Morgan fingerprint density at radius 3 is 3.00 bits per heavy atom. The highest BCUT2D eigenvalue weighted by molar-refractivity contribution is 5.41. The largest absolute Gasteiger partial charge is 0.495 e. The molecule has 2 aromatic heterocycles. The molecule has 0 aliphatic heterocycles. The van der Waals surface area contributed by atoms with Crippen LogP contribution in [0, 0.1) is 0 Å². The van der Waals surface area contributed by atoms with Crippen molar-refractivity contribution in [3.05, 3.63) is 24.2 Å². The van der Waals surface area contributed by atoms with Gasteiger partial charge in [0.2, 0.25) is 0 Å². The summed E-state index contributed by atoms with van der Waals surface area (Å²) in [5.74, 6) is 1.73. The lowest BCUT2D eigenvalue weighted by Gasteiger charge is -2.02. The van der Waals surface area contributed by atoms with E-state index in [1.165, 1.54) is 0 Å². The molecular weight excluding hydrogens is 192 g/mol. The summed E-state index contributed by atoms with van der Waals surface area (Å²) in [7, 11) is 1.64. The molecule has 0 unspecified atom stereocenters. The van der Waals surface area contributed by atoms with Gasteiger partial charge in [0.15, 0.2) is 5.65 Å². The molecule has 0 saturated heterocycles. The maximum absolute atomic E-state index is 5.46. The topological polar surface area (TPSA) is 65.4 Å². The number of pyridine rings is 1. The Kier molecular flexibility index (Phi) is 2.82. The molecule has 5 heteroatoms. The fourth-order valence-electron chi connectivity index (χ4n) is 1.47. The van der Waals surface area contributed by atoms with E-state index in [9.17, 15) is 0 Å². The van der Waals surface area contributed by atoms with Gasteiger partial charge in [-0.3, -0.25) is 4.40 Å². The van der Waals surface area contributed by atoms with E-state index in [0.29, 0.717) is 6.54 Å². The maximum Gasteiger partial charge on any atom is 0.161 e. The van der Waals surface area contributed by atoms with Gasteiger partial charge < -0.3 is 10.5 Å². The zero-order chi connectivity index (χ0) is 10.7. The lowest BCUT2D eigenvalue weighted by molar-refractivity contribution is 0.412. The van der Waals surface area contributed by atoms with Crippen LogP contribution in [0.15, 0.2) is 18.3 Å². The number of fused-ring (bicyclic) bond motifs is 1. The number of methoxy groups -OCH3 is 1. The first-order valence-electron chi connectivity index (χ1n) is 4.93. The zero-order valence-electron chi connectivity index (χ0n) is 8.68. The van der Waals surface area contributed by atoms with Gasteiger partial charge in [-0.05, 0) is 25.1 Å². The maximum atomic E-state index is 5.46. The molecule has 2 rings (SSSR count). The summed E-state index contributed by atoms with van der Waals surface area (Å²) in [5.41, 5.74) is 6.30. The van der Waals surface area contributed by atoms with Gasteiger partial charge in [0.05, 0.1) is 13.3 Å². The molecule has 0 atom stereocenters. The Labute approximate surface area is 87.9 Å². The van der Waals surface area contributed by atoms with Crippen molar-refractivity contribution in [3.63, 3.8) is 0 Å². The van der Waals surface area contributed by atoms with Crippen LogP contribution in [0.1, 0.15) is 12.2 Å². The van der Waals surface area contributed by atoms with Crippen LogP contribution in [0.25, 0.3) is 5.65 Å². The van der Waals surface area contributed by atoms with E-state index < -0.39 is 0 Å². The van der Waals surface area contributed by atoms with Crippen LogP contribution >= 0.6 is 0 Å². The van der Waals surface area contributed by atoms with E-state index >= 15 is 0 Å². The Balaban J connectivity index is 2.38. The summed E-state index contributed by atoms with van der Waals surface area (Å²) >= 11 is 0. The molecule has 0 bridgehead atoms. The van der Waals surface area contributed by atoms with Crippen LogP contribution in [0.5, 0.6) is 5.75 Å². The lowest BCUT2D eigenvalue weighted by atomic mass is 10.3. The summed E-state index contributed by atoms with van der Waals surface area (Å²) in [5, 5.41) is 8.17. The summed E-state index contributed by atoms with van der Waals surface area (Å²) in [4.78, 5) is 0. The van der Waals surface area contributed by atoms with Gasteiger partial charge in [-0.25, -0.2) is 0 Å². The van der Waals surface area contributed by atoms with E-state index in [1.54, 1.807) is 7.11 Å². The van der Waals surface area contributed by atoms with Crippen molar-refractivity contribution in [2.24, 2.45) is 5.73 Å². The number of aryl methyl sites for hydroxylation is 1. The highest BCUT2D eigenvalue weighted by Gasteiger charge is 2.05. The highest BCUT2D eigenvalue weighted by atomic mass is 16.5.